The summed E-state index contributed by atoms with van der Waals surface area (Å²) in [7, 11) is 0. The Hall–Kier alpha value is -0.310. The molecular formula is C10H7I2NO2. The number of H-pyrrole nitrogens is 1. The fourth-order valence-electron chi connectivity index (χ4n) is 1.39. The highest BCUT2D eigenvalue weighted by Crippen LogP contribution is 2.31. The summed E-state index contributed by atoms with van der Waals surface area (Å²) >= 11 is 4.49. The molecule has 0 fully saturated rings. The zero-order chi connectivity index (χ0) is 11.0. The summed E-state index contributed by atoms with van der Waals surface area (Å²) in [6.07, 6.45) is 1.71. The van der Waals surface area contributed by atoms with Crippen LogP contribution in [0.3, 0.4) is 0 Å². The SMILES string of the molecule is CC(=O)Oc1c[nH]c2cc(I)cc(I)c12. The molecule has 0 atom stereocenters. The molecule has 0 unspecified atom stereocenters. The number of ether oxygens (including phenoxy) is 1. The molecule has 2 aromatic rings. The first-order valence-electron chi connectivity index (χ1n) is 4.22. The molecule has 2 rings (SSSR count). The Labute approximate surface area is 114 Å². The molecule has 0 saturated heterocycles. The van der Waals surface area contributed by atoms with Crippen LogP contribution in [0.2, 0.25) is 0 Å². The minimum Gasteiger partial charge on any atom is -0.424 e. The van der Waals surface area contributed by atoms with Crippen molar-refractivity contribution in [2.45, 2.75) is 6.92 Å². The average Bonchev–Trinajstić information content (AvgIpc) is 2.46. The van der Waals surface area contributed by atoms with Crippen molar-refractivity contribution in [2.75, 3.05) is 0 Å². The van der Waals surface area contributed by atoms with E-state index in [1.54, 1.807) is 6.20 Å². The minimum atomic E-state index is -0.301. The lowest BCUT2D eigenvalue weighted by molar-refractivity contribution is -0.131. The highest BCUT2D eigenvalue weighted by atomic mass is 127. The van der Waals surface area contributed by atoms with Gasteiger partial charge in [0, 0.05) is 20.3 Å². The number of aromatic nitrogens is 1. The summed E-state index contributed by atoms with van der Waals surface area (Å²) in [5.74, 6) is 0.295. The van der Waals surface area contributed by atoms with Crippen LogP contribution in [-0.4, -0.2) is 11.0 Å². The molecule has 0 amide bonds. The van der Waals surface area contributed by atoms with E-state index < -0.39 is 0 Å². The Kier molecular flexibility index (Phi) is 3.19. The topological polar surface area (TPSA) is 42.1 Å². The zero-order valence-corrected chi connectivity index (χ0v) is 12.1. The van der Waals surface area contributed by atoms with Crippen molar-refractivity contribution < 1.29 is 9.53 Å². The summed E-state index contributed by atoms with van der Waals surface area (Å²) in [6.45, 7) is 1.40. The molecule has 0 aliphatic heterocycles. The molecule has 0 spiro atoms. The van der Waals surface area contributed by atoms with Crippen molar-refractivity contribution in [1.82, 2.24) is 4.98 Å². The van der Waals surface area contributed by atoms with E-state index in [-0.39, 0.29) is 5.97 Å². The molecule has 1 heterocycles. The number of esters is 1. The van der Waals surface area contributed by atoms with Gasteiger partial charge in [-0.05, 0) is 57.3 Å². The van der Waals surface area contributed by atoms with Gasteiger partial charge in [0.25, 0.3) is 0 Å². The zero-order valence-electron chi connectivity index (χ0n) is 7.80. The highest BCUT2D eigenvalue weighted by Gasteiger charge is 2.10. The second kappa shape index (κ2) is 4.28. The van der Waals surface area contributed by atoms with Crippen LogP contribution in [0.15, 0.2) is 18.3 Å². The van der Waals surface area contributed by atoms with Gasteiger partial charge in [-0.1, -0.05) is 0 Å². The quantitative estimate of drug-likeness (QED) is 0.561. The maximum atomic E-state index is 10.9. The van der Waals surface area contributed by atoms with Crippen LogP contribution >= 0.6 is 45.2 Å². The van der Waals surface area contributed by atoms with E-state index in [1.807, 2.05) is 12.1 Å². The third kappa shape index (κ3) is 2.27. The number of hydrogen-bond donors (Lipinski definition) is 1. The molecule has 0 saturated carbocycles. The van der Waals surface area contributed by atoms with Gasteiger partial charge >= 0.3 is 5.97 Å². The molecule has 1 N–H and O–H groups in total. The third-order valence-electron chi connectivity index (χ3n) is 1.91. The summed E-state index contributed by atoms with van der Waals surface area (Å²) in [6, 6.07) is 4.06. The number of hydrogen-bond acceptors (Lipinski definition) is 2. The van der Waals surface area contributed by atoms with E-state index in [1.165, 1.54) is 6.92 Å². The Morgan fingerprint density at radius 3 is 2.80 bits per heavy atom. The minimum absolute atomic E-state index is 0.301. The normalized spacial score (nSPS) is 10.6. The van der Waals surface area contributed by atoms with Gasteiger partial charge in [-0.15, -0.1) is 0 Å². The van der Waals surface area contributed by atoms with E-state index in [2.05, 4.69) is 50.2 Å². The highest BCUT2D eigenvalue weighted by molar-refractivity contribution is 14.1. The van der Waals surface area contributed by atoms with Crippen molar-refractivity contribution in [3.8, 4) is 5.75 Å². The van der Waals surface area contributed by atoms with E-state index in [4.69, 9.17) is 4.74 Å². The number of aromatic amines is 1. The van der Waals surface area contributed by atoms with Gasteiger partial charge in [-0.3, -0.25) is 4.79 Å². The van der Waals surface area contributed by atoms with Gasteiger partial charge in [0.2, 0.25) is 0 Å². The first kappa shape index (κ1) is 11.2. The van der Waals surface area contributed by atoms with Crippen LogP contribution in [0, 0.1) is 7.14 Å². The number of benzene rings is 1. The largest absolute Gasteiger partial charge is 0.424 e. The summed E-state index contributed by atoms with van der Waals surface area (Å²) in [5, 5.41) is 0.964. The van der Waals surface area contributed by atoms with Crippen molar-refractivity contribution in [1.29, 1.82) is 0 Å². The Morgan fingerprint density at radius 1 is 1.40 bits per heavy atom. The lowest BCUT2D eigenvalue weighted by Gasteiger charge is -2.01. The lowest BCUT2D eigenvalue weighted by Crippen LogP contribution is -2.00. The molecule has 0 radical (unpaired) electrons. The van der Waals surface area contributed by atoms with Crippen LogP contribution in [0.1, 0.15) is 6.92 Å². The summed E-state index contributed by atoms with van der Waals surface area (Å²) in [4.78, 5) is 14.0. The van der Waals surface area contributed by atoms with Crippen LogP contribution in [-0.2, 0) is 4.79 Å². The molecule has 1 aromatic carbocycles. The monoisotopic (exact) mass is 427 g/mol. The number of rotatable bonds is 1. The van der Waals surface area contributed by atoms with Crippen molar-refractivity contribution in [3.05, 3.63) is 25.5 Å². The van der Waals surface area contributed by atoms with E-state index in [0.29, 0.717) is 5.75 Å². The number of fused-ring (bicyclic) bond motifs is 1. The summed E-state index contributed by atoms with van der Waals surface area (Å²) < 4.78 is 7.34. The molecule has 5 heteroatoms. The van der Waals surface area contributed by atoms with Crippen LogP contribution in [0.5, 0.6) is 5.75 Å². The maximum Gasteiger partial charge on any atom is 0.308 e. The molecule has 0 aliphatic rings. The van der Waals surface area contributed by atoms with E-state index in [0.717, 1.165) is 18.0 Å². The molecule has 0 bridgehead atoms. The second-order valence-electron chi connectivity index (χ2n) is 3.06. The summed E-state index contributed by atoms with van der Waals surface area (Å²) in [5.41, 5.74) is 0.988. The fraction of sp³-hybridized carbons (Fsp3) is 0.100. The Balaban J connectivity index is 2.63. The van der Waals surface area contributed by atoms with Gasteiger partial charge in [0.05, 0.1) is 10.9 Å². The molecule has 15 heavy (non-hydrogen) atoms. The van der Waals surface area contributed by atoms with Crippen LogP contribution in [0.25, 0.3) is 10.9 Å². The molecule has 3 nitrogen and oxygen atoms in total. The van der Waals surface area contributed by atoms with Crippen LogP contribution in [0.4, 0.5) is 0 Å². The van der Waals surface area contributed by atoms with Gasteiger partial charge in [0.15, 0.2) is 5.75 Å². The molecular weight excluding hydrogens is 420 g/mol. The van der Waals surface area contributed by atoms with Crippen molar-refractivity contribution in [2.24, 2.45) is 0 Å². The Morgan fingerprint density at radius 2 is 2.13 bits per heavy atom. The van der Waals surface area contributed by atoms with E-state index >= 15 is 0 Å². The number of carbonyl (C=O) groups is 1. The third-order valence-corrected chi connectivity index (χ3v) is 3.39. The fourth-order valence-corrected chi connectivity index (χ4v) is 3.50. The number of nitrogens with one attached hydrogen (secondary N) is 1. The predicted octanol–water partition coefficient (Wildman–Crippen LogP) is 3.30. The predicted molar refractivity (Wildman–Crippen MR) is 75.0 cm³/mol. The molecule has 0 aliphatic carbocycles. The van der Waals surface area contributed by atoms with E-state index in [9.17, 15) is 4.79 Å². The second-order valence-corrected chi connectivity index (χ2v) is 5.46. The lowest BCUT2D eigenvalue weighted by atomic mass is 10.2. The smallest absolute Gasteiger partial charge is 0.308 e. The van der Waals surface area contributed by atoms with Crippen molar-refractivity contribution >= 4 is 62.1 Å². The van der Waals surface area contributed by atoms with Gasteiger partial charge < -0.3 is 9.72 Å². The Bertz CT molecular complexity index is 533. The van der Waals surface area contributed by atoms with Crippen LogP contribution < -0.4 is 4.74 Å². The first-order chi connectivity index (χ1) is 7.08. The number of carbonyl (C=O) groups excluding carboxylic acids is 1. The average molecular weight is 427 g/mol. The maximum absolute atomic E-state index is 10.9. The van der Waals surface area contributed by atoms with Crippen molar-refractivity contribution in [3.63, 3.8) is 0 Å². The standard InChI is InChI=1S/C10H7I2NO2/c1-5(14)15-9-4-13-8-3-6(11)2-7(12)10(8)9/h2-4,13H,1H3. The molecule has 1 aromatic heterocycles. The van der Waals surface area contributed by atoms with Gasteiger partial charge in [-0.25, -0.2) is 0 Å². The van der Waals surface area contributed by atoms with Gasteiger partial charge in [-0.2, -0.15) is 0 Å². The molecule has 78 valence electrons. The van der Waals surface area contributed by atoms with Gasteiger partial charge in [0.1, 0.15) is 0 Å². The first-order valence-corrected chi connectivity index (χ1v) is 6.38. The number of halogens is 2.